The number of halogens is 2. The highest BCUT2D eigenvalue weighted by molar-refractivity contribution is 14.1. The minimum atomic E-state index is -1.92. The summed E-state index contributed by atoms with van der Waals surface area (Å²) in [7, 11) is -1.92. The van der Waals surface area contributed by atoms with Crippen LogP contribution in [0.15, 0.2) is 23.9 Å². The molecule has 0 unspecified atom stereocenters. The molecule has 0 bridgehead atoms. The van der Waals surface area contributed by atoms with Gasteiger partial charge in [-0.1, -0.05) is 32.4 Å². The van der Waals surface area contributed by atoms with Gasteiger partial charge in [-0.3, -0.25) is 14.9 Å². The number of nitro benzene ring substituents is 1. The predicted octanol–water partition coefficient (Wildman–Crippen LogP) is 5.09. The first kappa shape index (κ1) is 27.5. The smallest absolute Gasteiger partial charge is 0.343 e. The van der Waals surface area contributed by atoms with Crippen molar-refractivity contribution in [1.29, 1.82) is 0 Å². The van der Waals surface area contributed by atoms with E-state index in [0.717, 1.165) is 0 Å². The molecular formula is C20H28ClIN2O6Si. The minimum Gasteiger partial charge on any atom is -0.462 e. The summed E-state index contributed by atoms with van der Waals surface area (Å²) in [6.07, 6.45) is 1.25. The zero-order valence-corrected chi connectivity index (χ0v) is 22.4. The standard InChI is InChI=1S/C20H28ClIN2O6Si/c1-7-29-19(26)15(12-23-8-9-30-31(5,6)20(2,3)4)18(25)14-10-13(22)11-16(17(14)21)24(27)28/h10-12,23H,7-9H2,1-6H3. The fourth-order valence-electron chi connectivity index (χ4n) is 2.20. The molecule has 0 heterocycles. The monoisotopic (exact) mass is 582 g/mol. The number of hydrogen-bond donors (Lipinski definition) is 1. The van der Waals surface area contributed by atoms with E-state index in [2.05, 4.69) is 39.2 Å². The Bertz CT molecular complexity index is 883. The van der Waals surface area contributed by atoms with Crippen LogP contribution in [0.5, 0.6) is 0 Å². The molecule has 0 aliphatic heterocycles. The molecule has 0 fully saturated rings. The number of ketones is 1. The van der Waals surface area contributed by atoms with Crippen molar-refractivity contribution in [3.63, 3.8) is 0 Å². The molecule has 0 saturated carbocycles. The summed E-state index contributed by atoms with van der Waals surface area (Å²) in [4.78, 5) is 35.9. The summed E-state index contributed by atoms with van der Waals surface area (Å²) in [5, 5.41) is 13.9. The number of nitrogens with one attached hydrogen (secondary N) is 1. The second kappa shape index (κ2) is 11.4. The van der Waals surface area contributed by atoms with Crippen molar-refractivity contribution in [3.8, 4) is 0 Å². The lowest BCUT2D eigenvalue weighted by molar-refractivity contribution is -0.384. The lowest BCUT2D eigenvalue weighted by Gasteiger charge is -2.36. The van der Waals surface area contributed by atoms with E-state index in [1.54, 1.807) is 6.92 Å². The summed E-state index contributed by atoms with van der Waals surface area (Å²) in [6.45, 7) is 13.1. The zero-order valence-electron chi connectivity index (χ0n) is 18.5. The van der Waals surface area contributed by atoms with Gasteiger partial charge in [0.25, 0.3) is 5.69 Å². The third-order valence-corrected chi connectivity index (χ3v) is 10.5. The van der Waals surface area contributed by atoms with Gasteiger partial charge in [-0.2, -0.15) is 0 Å². The summed E-state index contributed by atoms with van der Waals surface area (Å²) in [6, 6.07) is 2.65. The molecule has 0 aliphatic rings. The van der Waals surface area contributed by atoms with E-state index in [0.29, 0.717) is 16.7 Å². The highest BCUT2D eigenvalue weighted by Gasteiger charge is 2.36. The molecule has 0 amide bonds. The van der Waals surface area contributed by atoms with E-state index in [1.165, 1.54) is 18.3 Å². The van der Waals surface area contributed by atoms with Crippen LogP contribution in [0.2, 0.25) is 23.2 Å². The first-order chi connectivity index (χ1) is 14.2. The van der Waals surface area contributed by atoms with Gasteiger partial charge in [0.1, 0.15) is 10.6 Å². The number of esters is 1. The number of benzene rings is 1. The molecule has 0 aliphatic carbocycles. The summed E-state index contributed by atoms with van der Waals surface area (Å²) in [5.41, 5.74) is -0.845. The van der Waals surface area contributed by atoms with Gasteiger partial charge in [-0.05, 0) is 53.7 Å². The maximum Gasteiger partial charge on any atom is 0.343 e. The van der Waals surface area contributed by atoms with Gasteiger partial charge in [-0.25, -0.2) is 4.79 Å². The van der Waals surface area contributed by atoms with E-state index >= 15 is 0 Å². The van der Waals surface area contributed by atoms with Crippen molar-refractivity contribution in [2.24, 2.45) is 0 Å². The number of rotatable bonds is 10. The fraction of sp³-hybridized carbons (Fsp3) is 0.500. The van der Waals surface area contributed by atoms with Crippen LogP contribution in [0.1, 0.15) is 38.1 Å². The van der Waals surface area contributed by atoms with Crippen LogP contribution in [0, 0.1) is 13.7 Å². The fourth-order valence-corrected chi connectivity index (χ4v) is 4.12. The Balaban J connectivity index is 3.09. The quantitative estimate of drug-likeness (QED) is 0.0391. The van der Waals surface area contributed by atoms with Crippen LogP contribution in [-0.4, -0.2) is 44.8 Å². The highest BCUT2D eigenvalue weighted by Crippen LogP contribution is 2.36. The number of Topliss-reactive ketones (excluding diaryl/α,β-unsaturated/α-hetero) is 1. The molecule has 1 aromatic rings. The first-order valence-corrected chi connectivity index (χ1v) is 14.0. The Hall–Kier alpha value is -1.50. The number of hydrogen-bond acceptors (Lipinski definition) is 7. The average molecular weight is 583 g/mol. The number of nitro groups is 1. The molecule has 31 heavy (non-hydrogen) atoms. The molecule has 172 valence electrons. The van der Waals surface area contributed by atoms with Crippen LogP contribution in [-0.2, 0) is 14.0 Å². The van der Waals surface area contributed by atoms with E-state index in [9.17, 15) is 19.7 Å². The second-order valence-electron chi connectivity index (χ2n) is 8.21. The molecule has 11 heteroatoms. The SMILES string of the molecule is CCOC(=O)C(=CNCCO[Si](C)(C)C(C)(C)C)C(=O)c1cc(I)cc([N+](=O)[O-])c1Cl. The number of nitrogens with zero attached hydrogens (tertiary/aromatic N) is 1. The second-order valence-corrected chi connectivity index (χ2v) is 14.6. The van der Waals surface area contributed by atoms with Crippen LogP contribution in [0.3, 0.4) is 0 Å². The Morgan fingerprint density at radius 3 is 2.45 bits per heavy atom. The first-order valence-electron chi connectivity index (χ1n) is 9.65. The number of ether oxygens (including phenoxy) is 1. The molecule has 0 spiro atoms. The Kier molecular flexibility index (Phi) is 10.1. The van der Waals surface area contributed by atoms with Gasteiger partial charge in [0.15, 0.2) is 8.32 Å². The lowest BCUT2D eigenvalue weighted by Crippen LogP contribution is -2.42. The number of carbonyl (C=O) groups excluding carboxylic acids is 2. The van der Waals surface area contributed by atoms with E-state index in [-0.39, 0.29) is 27.8 Å². The topological polar surface area (TPSA) is 108 Å². The minimum absolute atomic E-state index is 0.0603. The van der Waals surface area contributed by atoms with E-state index in [1.807, 2.05) is 22.6 Å². The van der Waals surface area contributed by atoms with E-state index < -0.39 is 30.7 Å². The van der Waals surface area contributed by atoms with Crippen molar-refractivity contribution in [2.45, 2.75) is 45.8 Å². The van der Waals surface area contributed by atoms with Crippen LogP contribution in [0.4, 0.5) is 5.69 Å². The highest BCUT2D eigenvalue weighted by atomic mass is 127. The Morgan fingerprint density at radius 2 is 1.94 bits per heavy atom. The molecular weight excluding hydrogens is 555 g/mol. The van der Waals surface area contributed by atoms with Gasteiger partial charge in [0.05, 0.1) is 18.1 Å². The molecule has 8 nitrogen and oxygen atoms in total. The Morgan fingerprint density at radius 1 is 1.32 bits per heavy atom. The van der Waals surface area contributed by atoms with E-state index in [4.69, 9.17) is 20.8 Å². The molecule has 1 rings (SSSR count). The normalized spacial score (nSPS) is 12.5. The largest absolute Gasteiger partial charge is 0.462 e. The van der Waals surface area contributed by atoms with Gasteiger partial charge in [-0.15, -0.1) is 0 Å². The molecule has 0 saturated heterocycles. The summed E-state index contributed by atoms with van der Waals surface area (Å²) >= 11 is 7.94. The van der Waals surface area contributed by atoms with Crippen LogP contribution >= 0.6 is 34.2 Å². The molecule has 1 N–H and O–H groups in total. The maximum atomic E-state index is 13.0. The van der Waals surface area contributed by atoms with Gasteiger partial charge in [0, 0.05) is 27.9 Å². The van der Waals surface area contributed by atoms with Crippen LogP contribution in [0.25, 0.3) is 0 Å². The maximum absolute atomic E-state index is 13.0. The molecule has 0 atom stereocenters. The van der Waals surface area contributed by atoms with Gasteiger partial charge < -0.3 is 14.5 Å². The molecule has 0 radical (unpaired) electrons. The van der Waals surface area contributed by atoms with Gasteiger partial charge in [0.2, 0.25) is 5.78 Å². The van der Waals surface area contributed by atoms with Crippen molar-refractivity contribution in [3.05, 3.63) is 48.2 Å². The Labute approximate surface area is 202 Å². The third kappa shape index (κ3) is 7.54. The molecule has 1 aromatic carbocycles. The third-order valence-electron chi connectivity index (χ3n) is 4.96. The van der Waals surface area contributed by atoms with Crippen molar-refractivity contribution < 1.29 is 23.7 Å². The van der Waals surface area contributed by atoms with Crippen LogP contribution < -0.4 is 5.32 Å². The summed E-state index contributed by atoms with van der Waals surface area (Å²) < 4.78 is 11.5. The van der Waals surface area contributed by atoms with Crippen molar-refractivity contribution in [1.82, 2.24) is 5.32 Å². The average Bonchev–Trinajstić information content (AvgIpc) is 2.64. The lowest BCUT2D eigenvalue weighted by atomic mass is 10.0. The van der Waals surface area contributed by atoms with Crippen molar-refractivity contribution in [2.75, 3.05) is 19.8 Å². The number of carbonyl (C=O) groups is 2. The van der Waals surface area contributed by atoms with Gasteiger partial charge >= 0.3 is 5.97 Å². The predicted molar refractivity (Wildman–Crippen MR) is 131 cm³/mol. The molecule has 0 aromatic heterocycles. The summed E-state index contributed by atoms with van der Waals surface area (Å²) in [5.74, 6) is -1.61. The zero-order chi connectivity index (χ0) is 24.0. The van der Waals surface area contributed by atoms with Crippen molar-refractivity contribution >= 4 is 59.9 Å².